The highest BCUT2D eigenvalue weighted by molar-refractivity contribution is 5.83. The number of hydrogen-bond acceptors (Lipinski definition) is 5. The molecule has 6 heteroatoms. The van der Waals surface area contributed by atoms with Crippen LogP contribution in [0.15, 0.2) is 6.33 Å². The van der Waals surface area contributed by atoms with E-state index < -0.39 is 0 Å². The number of nitrogens with one attached hydrogen (secondary N) is 2. The lowest BCUT2D eigenvalue weighted by Crippen LogP contribution is -2.18. The summed E-state index contributed by atoms with van der Waals surface area (Å²) in [6.07, 6.45) is 8.87. The van der Waals surface area contributed by atoms with E-state index in [0.717, 1.165) is 18.4 Å². The number of fused-ring (bicyclic) bond motifs is 1. The number of imidazole rings is 1. The lowest BCUT2D eigenvalue weighted by Gasteiger charge is -2.13. The van der Waals surface area contributed by atoms with Crippen LogP contribution in [0.1, 0.15) is 19.8 Å². The Labute approximate surface area is 99.1 Å². The quantitative estimate of drug-likeness (QED) is 0.685. The van der Waals surface area contributed by atoms with Gasteiger partial charge in [0.05, 0.1) is 12.4 Å². The fourth-order valence-electron chi connectivity index (χ4n) is 1.61. The molecular weight excluding hydrogens is 216 g/mol. The number of rotatable bonds is 4. The molecule has 2 aromatic heterocycles. The Morgan fingerprint density at radius 3 is 3.12 bits per heavy atom. The Balaban J connectivity index is 2.34. The maximum Gasteiger partial charge on any atom is 0.224 e. The molecule has 2 rings (SSSR count). The van der Waals surface area contributed by atoms with Gasteiger partial charge in [0.15, 0.2) is 11.5 Å². The van der Waals surface area contributed by atoms with E-state index in [9.17, 15) is 0 Å². The average Bonchev–Trinajstić information content (AvgIpc) is 2.76. The van der Waals surface area contributed by atoms with Gasteiger partial charge in [0, 0.05) is 0 Å². The number of nitrogen functional groups attached to an aromatic ring is 1. The molecule has 88 valence electrons. The second-order valence-corrected chi connectivity index (χ2v) is 3.68. The molecule has 0 aliphatic carbocycles. The topological polar surface area (TPSA) is 92.5 Å². The molecule has 0 spiro atoms. The molecule has 0 aliphatic heterocycles. The molecule has 6 nitrogen and oxygen atoms in total. The molecule has 0 radical (unpaired) electrons. The highest BCUT2D eigenvalue weighted by atomic mass is 15.1. The molecule has 1 unspecified atom stereocenters. The average molecular weight is 230 g/mol. The van der Waals surface area contributed by atoms with Crippen molar-refractivity contribution in [2.45, 2.75) is 25.8 Å². The first-order valence-electron chi connectivity index (χ1n) is 5.43. The highest BCUT2D eigenvalue weighted by Gasteiger charge is 2.11. The molecule has 0 aliphatic rings. The normalized spacial score (nSPS) is 12.2. The summed E-state index contributed by atoms with van der Waals surface area (Å²) in [5.74, 6) is 3.46. The molecule has 2 heterocycles. The minimum atomic E-state index is -0.0687. The third kappa shape index (κ3) is 2.28. The first-order valence-corrected chi connectivity index (χ1v) is 5.43. The van der Waals surface area contributed by atoms with E-state index in [1.54, 1.807) is 6.33 Å². The molecule has 4 N–H and O–H groups in total. The highest BCUT2D eigenvalue weighted by Crippen LogP contribution is 2.18. The van der Waals surface area contributed by atoms with E-state index in [1.165, 1.54) is 0 Å². The maximum atomic E-state index is 5.61. The zero-order valence-corrected chi connectivity index (χ0v) is 9.57. The summed E-state index contributed by atoms with van der Waals surface area (Å²) < 4.78 is 0. The van der Waals surface area contributed by atoms with Gasteiger partial charge in [-0.3, -0.25) is 0 Å². The van der Waals surface area contributed by atoms with Crippen molar-refractivity contribution in [1.29, 1.82) is 0 Å². The van der Waals surface area contributed by atoms with Crippen molar-refractivity contribution >= 4 is 22.9 Å². The van der Waals surface area contributed by atoms with Crippen LogP contribution in [0.3, 0.4) is 0 Å². The van der Waals surface area contributed by atoms with Crippen LogP contribution in [0.4, 0.5) is 11.8 Å². The van der Waals surface area contributed by atoms with Gasteiger partial charge in [0.2, 0.25) is 5.95 Å². The van der Waals surface area contributed by atoms with E-state index >= 15 is 0 Å². The number of nitrogens with two attached hydrogens (primary N) is 1. The van der Waals surface area contributed by atoms with Gasteiger partial charge in [-0.05, 0) is 6.42 Å². The van der Waals surface area contributed by atoms with Gasteiger partial charge in [-0.25, -0.2) is 4.98 Å². The fourth-order valence-corrected chi connectivity index (χ4v) is 1.61. The van der Waals surface area contributed by atoms with Crippen LogP contribution in [-0.4, -0.2) is 26.0 Å². The molecule has 17 heavy (non-hydrogen) atoms. The monoisotopic (exact) mass is 230 g/mol. The van der Waals surface area contributed by atoms with Crippen LogP contribution in [0.25, 0.3) is 11.2 Å². The molecule has 0 amide bonds. The SMILES string of the molecule is C#CC(CCC)Nc1nc(N)nc2nc[nH]c12. The van der Waals surface area contributed by atoms with Crippen molar-refractivity contribution in [2.24, 2.45) is 0 Å². The van der Waals surface area contributed by atoms with Crippen molar-refractivity contribution in [3.05, 3.63) is 6.33 Å². The zero-order valence-electron chi connectivity index (χ0n) is 9.57. The summed E-state index contributed by atoms with van der Waals surface area (Å²) >= 11 is 0. The van der Waals surface area contributed by atoms with Crippen molar-refractivity contribution in [1.82, 2.24) is 19.9 Å². The van der Waals surface area contributed by atoms with Gasteiger partial charge in [0.1, 0.15) is 5.52 Å². The molecule has 0 aromatic carbocycles. The number of anilines is 2. The lowest BCUT2D eigenvalue weighted by atomic mass is 10.2. The van der Waals surface area contributed by atoms with Crippen molar-refractivity contribution in [3.8, 4) is 12.3 Å². The molecule has 0 saturated heterocycles. The van der Waals surface area contributed by atoms with Gasteiger partial charge in [-0.2, -0.15) is 9.97 Å². The van der Waals surface area contributed by atoms with Crippen LogP contribution in [0, 0.1) is 12.3 Å². The molecular formula is C11H14N6. The fraction of sp³-hybridized carbons (Fsp3) is 0.364. The number of aromatic nitrogens is 4. The lowest BCUT2D eigenvalue weighted by molar-refractivity contribution is 0.753. The first-order chi connectivity index (χ1) is 8.24. The van der Waals surface area contributed by atoms with Gasteiger partial charge < -0.3 is 16.0 Å². The van der Waals surface area contributed by atoms with E-state index in [4.69, 9.17) is 12.2 Å². The van der Waals surface area contributed by atoms with Crippen LogP contribution >= 0.6 is 0 Å². The van der Waals surface area contributed by atoms with Crippen LogP contribution in [-0.2, 0) is 0 Å². The van der Waals surface area contributed by atoms with Crippen molar-refractivity contribution < 1.29 is 0 Å². The van der Waals surface area contributed by atoms with Gasteiger partial charge in [-0.1, -0.05) is 19.3 Å². The minimum absolute atomic E-state index is 0.0687. The number of hydrogen-bond donors (Lipinski definition) is 3. The molecule has 0 saturated carbocycles. The Hall–Kier alpha value is -2.29. The molecule has 1 atom stereocenters. The Morgan fingerprint density at radius 1 is 1.59 bits per heavy atom. The predicted octanol–water partition coefficient (Wildman–Crippen LogP) is 1.15. The summed E-state index contributed by atoms with van der Waals surface area (Å²) in [5.41, 5.74) is 6.86. The second-order valence-electron chi connectivity index (χ2n) is 3.68. The number of nitrogens with zero attached hydrogens (tertiary/aromatic N) is 3. The second kappa shape index (κ2) is 4.70. The Bertz CT molecular complexity index is 553. The van der Waals surface area contributed by atoms with Gasteiger partial charge >= 0.3 is 0 Å². The summed E-state index contributed by atoms with van der Waals surface area (Å²) in [5, 5.41) is 3.16. The number of aromatic amines is 1. The largest absolute Gasteiger partial charge is 0.368 e. The van der Waals surface area contributed by atoms with E-state index in [-0.39, 0.29) is 12.0 Å². The third-order valence-corrected chi connectivity index (χ3v) is 2.39. The zero-order chi connectivity index (χ0) is 12.3. The van der Waals surface area contributed by atoms with Crippen LogP contribution < -0.4 is 11.1 Å². The van der Waals surface area contributed by atoms with Gasteiger partial charge in [0.25, 0.3) is 0 Å². The van der Waals surface area contributed by atoms with Crippen molar-refractivity contribution in [3.63, 3.8) is 0 Å². The van der Waals surface area contributed by atoms with E-state index in [2.05, 4.69) is 38.1 Å². The summed E-state index contributed by atoms with van der Waals surface area (Å²) in [7, 11) is 0. The standard InChI is InChI=1S/C11H14N6/c1-3-5-7(4-2)15-10-8-9(14-6-13-8)16-11(12)17-10/h2,6-7H,3,5H2,1H3,(H4,12,13,14,15,16,17). The predicted molar refractivity (Wildman–Crippen MR) is 67.2 cm³/mol. The molecule has 2 aromatic rings. The summed E-state index contributed by atoms with van der Waals surface area (Å²) in [6.45, 7) is 2.08. The van der Waals surface area contributed by atoms with E-state index in [0.29, 0.717) is 11.5 Å². The third-order valence-electron chi connectivity index (χ3n) is 2.39. The maximum absolute atomic E-state index is 5.61. The first kappa shape index (κ1) is 11.2. The van der Waals surface area contributed by atoms with Crippen LogP contribution in [0.5, 0.6) is 0 Å². The summed E-state index contributed by atoms with van der Waals surface area (Å²) in [6, 6.07) is -0.0687. The Kier molecular flexibility index (Phi) is 3.10. The minimum Gasteiger partial charge on any atom is -0.368 e. The number of terminal acetylenes is 1. The van der Waals surface area contributed by atoms with E-state index in [1.807, 2.05) is 0 Å². The number of H-pyrrole nitrogens is 1. The Morgan fingerprint density at radius 2 is 2.41 bits per heavy atom. The van der Waals surface area contributed by atoms with Crippen molar-refractivity contribution in [2.75, 3.05) is 11.1 Å². The smallest absolute Gasteiger partial charge is 0.224 e. The molecule has 0 fully saturated rings. The summed E-state index contributed by atoms with van der Waals surface area (Å²) in [4.78, 5) is 15.1. The van der Waals surface area contributed by atoms with Crippen LogP contribution in [0.2, 0.25) is 0 Å². The van der Waals surface area contributed by atoms with Gasteiger partial charge in [-0.15, -0.1) is 6.42 Å². The molecule has 0 bridgehead atoms.